The number of nitrogens with zero attached hydrogens (tertiary/aromatic N) is 1. The first kappa shape index (κ1) is 25.5. The zero-order valence-electron chi connectivity index (χ0n) is 20.8. The van der Waals surface area contributed by atoms with Crippen LogP contribution in [0.3, 0.4) is 0 Å². The highest BCUT2D eigenvalue weighted by molar-refractivity contribution is 7.92. The fourth-order valence-electron chi connectivity index (χ4n) is 3.94. The van der Waals surface area contributed by atoms with Gasteiger partial charge in [0, 0.05) is 5.56 Å². The molecule has 34 heavy (non-hydrogen) atoms. The summed E-state index contributed by atoms with van der Waals surface area (Å²) in [6.07, 6.45) is 2.00. The number of sulfonamides is 1. The van der Waals surface area contributed by atoms with Crippen LogP contribution in [0.15, 0.2) is 60.7 Å². The summed E-state index contributed by atoms with van der Waals surface area (Å²) in [5, 5.41) is 3.12. The van der Waals surface area contributed by atoms with E-state index in [4.69, 9.17) is 0 Å². The van der Waals surface area contributed by atoms with Gasteiger partial charge in [-0.3, -0.25) is 9.10 Å². The smallest absolute Gasteiger partial charge is 0.251 e. The fourth-order valence-corrected chi connectivity index (χ4v) is 4.88. The number of amides is 1. The third kappa shape index (κ3) is 6.06. The van der Waals surface area contributed by atoms with Gasteiger partial charge in [0.05, 0.1) is 24.5 Å². The molecule has 0 fully saturated rings. The third-order valence-corrected chi connectivity index (χ3v) is 7.35. The third-order valence-electron chi connectivity index (χ3n) is 6.22. The SMILES string of the molecule is CC[C@@H](NC(=O)c1ccc(CN(c2cc(C)ccc2C)S(C)(=O)=O)cc1)c1ccc(C)c(C)c1. The van der Waals surface area contributed by atoms with Gasteiger partial charge in [0.2, 0.25) is 10.0 Å². The summed E-state index contributed by atoms with van der Waals surface area (Å²) in [6, 6.07) is 19.1. The van der Waals surface area contributed by atoms with Gasteiger partial charge in [-0.15, -0.1) is 0 Å². The highest BCUT2D eigenvalue weighted by Crippen LogP contribution is 2.26. The Labute approximate surface area is 203 Å². The van der Waals surface area contributed by atoms with E-state index in [9.17, 15) is 13.2 Å². The van der Waals surface area contributed by atoms with Gasteiger partial charge in [-0.2, -0.15) is 0 Å². The molecule has 0 saturated heterocycles. The molecular weight excluding hydrogens is 444 g/mol. The van der Waals surface area contributed by atoms with E-state index in [0.29, 0.717) is 11.3 Å². The molecule has 0 aliphatic rings. The van der Waals surface area contributed by atoms with E-state index >= 15 is 0 Å². The van der Waals surface area contributed by atoms with E-state index in [1.807, 2.05) is 44.2 Å². The summed E-state index contributed by atoms with van der Waals surface area (Å²) < 4.78 is 26.6. The molecule has 0 saturated carbocycles. The number of carbonyl (C=O) groups excluding carboxylic acids is 1. The first-order chi connectivity index (χ1) is 16.0. The molecule has 0 aliphatic carbocycles. The number of nitrogens with one attached hydrogen (secondary N) is 1. The molecule has 0 aliphatic heterocycles. The largest absolute Gasteiger partial charge is 0.345 e. The van der Waals surface area contributed by atoms with Crippen molar-refractivity contribution in [2.75, 3.05) is 10.6 Å². The topological polar surface area (TPSA) is 66.5 Å². The molecule has 0 spiro atoms. The van der Waals surface area contributed by atoms with E-state index < -0.39 is 10.0 Å². The average Bonchev–Trinajstić information content (AvgIpc) is 2.79. The summed E-state index contributed by atoms with van der Waals surface area (Å²) in [5.41, 5.74) is 7.43. The van der Waals surface area contributed by atoms with Crippen molar-refractivity contribution < 1.29 is 13.2 Å². The van der Waals surface area contributed by atoms with Crippen LogP contribution in [-0.2, 0) is 16.6 Å². The van der Waals surface area contributed by atoms with Crippen LogP contribution >= 0.6 is 0 Å². The van der Waals surface area contributed by atoms with Gasteiger partial charge in [0.1, 0.15) is 0 Å². The van der Waals surface area contributed by atoms with Crippen molar-refractivity contribution in [2.45, 2.75) is 53.6 Å². The van der Waals surface area contributed by atoms with Crippen molar-refractivity contribution >= 4 is 21.6 Å². The molecular formula is C28H34N2O3S. The Morgan fingerprint density at radius 1 is 0.882 bits per heavy atom. The Balaban J connectivity index is 1.78. The molecule has 0 unspecified atom stereocenters. The predicted octanol–water partition coefficient (Wildman–Crippen LogP) is 5.77. The monoisotopic (exact) mass is 478 g/mol. The van der Waals surface area contributed by atoms with Crippen molar-refractivity contribution in [3.05, 3.63) is 99.6 Å². The number of anilines is 1. The van der Waals surface area contributed by atoms with E-state index in [2.05, 4.69) is 44.3 Å². The lowest BCUT2D eigenvalue weighted by Crippen LogP contribution is -2.30. The van der Waals surface area contributed by atoms with Gasteiger partial charge < -0.3 is 5.32 Å². The zero-order valence-corrected chi connectivity index (χ0v) is 21.7. The standard InChI is InChI=1S/C28H34N2O3S/c1-7-26(25-13-10-20(3)22(5)17-25)29-28(31)24-14-11-23(12-15-24)18-30(34(6,32)33)27-16-19(2)8-9-21(27)4/h8-17,26H,7,18H2,1-6H3,(H,29,31)/t26-/m1/s1. The minimum Gasteiger partial charge on any atom is -0.345 e. The minimum absolute atomic E-state index is 0.0727. The van der Waals surface area contributed by atoms with Crippen LogP contribution < -0.4 is 9.62 Å². The van der Waals surface area contributed by atoms with Crippen LogP contribution in [-0.4, -0.2) is 20.6 Å². The van der Waals surface area contributed by atoms with Crippen LogP contribution in [0.2, 0.25) is 0 Å². The van der Waals surface area contributed by atoms with E-state index in [1.54, 1.807) is 12.1 Å². The second-order valence-corrected chi connectivity index (χ2v) is 10.9. The molecule has 5 nitrogen and oxygen atoms in total. The summed E-state index contributed by atoms with van der Waals surface area (Å²) in [4.78, 5) is 12.9. The summed E-state index contributed by atoms with van der Waals surface area (Å²) in [5.74, 6) is -0.147. The van der Waals surface area contributed by atoms with Crippen LogP contribution in [0, 0.1) is 27.7 Å². The molecule has 3 aromatic rings. The number of hydrogen-bond donors (Lipinski definition) is 1. The van der Waals surface area contributed by atoms with Crippen molar-refractivity contribution in [3.8, 4) is 0 Å². The molecule has 1 amide bonds. The molecule has 3 aromatic carbocycles. The van der Waals surface area contributed by atoms with E-state index in [0.717, 1.165) is 28.7 Å². The quantitative estimate of drug-likeness (QED) is 0.447. The Morgan fingerprint density at radius 2 is 1.53 bits per heavy atom. The molecule has 6 heteroatoms. The summed E-state index contributed by atoms with van der Waals surface area (Å²) in [7, 11) is -3.48. The van der Waals surface area contributed by atoms with Crippen molar-refractivity contribution in [1.82, 2.24) is 5.32 Å². The van der Waals surface area contributed by atoms with Gasteiger partial charge in [-0.25, -0.2) is 8.42 Å². The normalized spacial score (nSPS) is 12.3. The lowest BCUT2D eigenvalue weighted by Gasteiger charge is -2.25. The van der Waals surface area contributed by atoms with Crippen LogP contribution in [0.4, 0.5) is 5.69 Å². The Morgan fingerprint density at radius 3 is 2.12 bits per heavy atom. The Kier molecular flexibility index (Phi) is 7.82. The van der Waals surface area contributed by atoms with Gasteiger partial charge >= 0.3 is 0 Å². The van der Waals surface area contributed by atoms with Crippen molar-refractivity contribution in [3.63, 3.8) is 0 Å². The van der Waals surface area contributed by atoms with Gasteiger partial charge in [0.25, 0.3) is 5.91 Å². The number of benzene rings is 3. The number of carbonyl (C=O) groups is 1. The molecule has 1 N–H and O–H groups in total. The predicted molar refractivity (Wildman–Crippen MR) is 140 cm³/mol. The van der Waals surface area contributed by atoms with Gasteiger partial charge in [-0.05, 0) is 85.7 Å². The highest BCUT2D eigenvalue weighted by Gasteiger charge is 2.20. The molecule has 1 atom stereocenters. The van der Waals surface area contributed by atoms with E-state index in [-0.39, 0.29) is 18.5 Å². The zero-order chi connectivity index (χ0) is 25.0. The average molecular weight is 479 g/mol. The molecule has 180 valence electrons. The fraction of sp³-hybridized carbons (Fsp3) is 0.321. The number of rotatable bonds is 8. The lowest BCUT2D eigenvalue weighted by molar-refractivity contribution is 0.0935. The highest BCUT2D eigenvalue weighted by atomic mass is 32.2. The Hall–Kier alpha value is -3.12. The van der Waals surface area contributed by atoms with Crippen LogP contribution in [0.5, 0.6) is 0 Å². The molecule has 0 heterocycles. The molecule has 3 rings (SSSR count). The molecule has 0 bridgehead atoms. The van der Waals surface area contributed by atoms with Crippen LogP contribution in [0.1, 0.15) is 63.1 Å². The number of hydrogen-bond acceptors (Lipinski definition) is 3. The van der Waals surface area contributed by atoms with E-state index in [1.165, 1.54) is 21.7 Å². The maximum Gasteiger partial charge on any atom is 0.251 e. The van der Waals surface area contributed by atoms with Gasteiger partial charge in [0.15, 0.2) is 0 Å². The van der Waals surface area contributed by atoms with Gasteiger partial charge in [-0.1, -0.05) is 49.4 Å². The first-order valence-electron chi connectivity index (χ1n) is 11.5. The Bertz CT molecular complexity index is 1280. The summed E-state index contributed by atoms with van der Waals surface area (Å²) in [6.45, 7) is 10.2. The maximum atomic E-state index is 12.9. The maximum absolute atomic E-state index is 12.9. The molecule has 0 radical (unpaired) electrons. The van der Waals surface area contributed by atoms with Crippen molar-refractivity contribution in [2.24, 2.45) is 0 Å². The van der Waals surface area contributed by atoms with Crippen molar-refractivity contribution in [1.29, 1.82) is 0 Å². The summed E-state index contributed by atoms with van der Waals surface area (Å²) >= 11 is 0. The second kappa shape index (κ2) is 10.4. The minimum atomic E-state index is -3.48. The number of aryl methyl sites for hydroxylation is 4. The van der Waals surface area contributed by atoms with Crippen LogP contribution in [0.25, 0.3) is 0 Å². The first-order valence-corrected chi connectivity index (χ1v) is 13.4. The lowest BCUT2D eigenvalue weighted by atomic mass is 9.99. The second-order valence-electron chi connectivity index (χ2n) is 9.03. The molecule has 0 aromatic heterocycles.